The molecule has 0 N–H and O–H groups in total. The fourth-order valence-electron chi connectivity index (χ4n) is 1.39. The van der Waals surface area contributed by atoms with Crippen molar-refractivity contribution in [2.24, 2.45) is 0 Å². The number of allylic oxidation sites excluding steroid dienone is 2. The predicted molar refractivity (Wildman–Crippen MR) is 92.7 cm³/mol. The van der Waals surface area contributed by atoms with E-state index in [2.05, 4.69) is 13.8 Å². The number of carbonyl (C=O) groups excluding carboxylic acids is 1. The first-order chi connectivity index (χ1) is 8.63. The lowest BCUT2D eigenvalue weighted by molar-refractivity contribution is -0.114. The first-order valence-electron chi connectivity index (χ1n) is 5.28. The highest BCUT2D eigenvalue weighted by atomic mass is 32.3. The van der Waals surface area contributed by atoms with Gasteiger partial charge < -0.3 is 0 Å². The topological polar surface area (TPSA) is 17.1 Å². The zero-order valence-corrected chi connectivity index (χ0v) is 14.7. The van der Waals surface area contributed by atoms with Gasteiger partial charge in [0.1, 0.15) is 0 Å². The minimum Gasteiger partial charge on any atom is -0.298 e. The van der Waals surface area contributed by atoms with Gasteiger partial charge in [0.2, 0.25) is 0 Å². The zero-order valence-electron chi connectivity index (χ0n) is 9.77. The van der Waals surface area contributed by atoms with E-state index in [0.29, 0.717) is 17.3 Å². The average molecular weight is 351 g/mol. The Bertz CT molecular complexity index is 476. The van der Waals surface area contributed by atoms with Crippen molar-refractivity contribution in [3.63, 3.8) is 0 Å². The molecule has 0 saturated carbocycles. The molecule has 0 aliphatic carbocycles. The largest absolute Gasteiger partial charge is 0.298 e. The van der Waals surface area contributed by atoms with E-state index in [1.165, 1.54) is 26.8 Å². The Morgan fingerprint density at radius 2 is 1.17 bits per heavy atom. The fourth-order valence-corrected chi connectivity index (χ4v) is 9.91. The SMILES string of the molecule is CC1=C(C)SC(=C2SC3=C(SCC(=O)CS3)S2)S1. The molecule has 0 bridgehead atoms. The van der Waals surface area contributed by atoms with E-state index in [9.17, 15) is 4.79 Å². The van der Waals surface area contributed by atoms with Crippen LogP contribution in [0.15, 0.2) is 26.8 Å². The van der Waals surface area contributed by atoms with E-state index < -0.39 is 0 Å². The van der Waals surface area contributed by atoms with Crippen LogP contribution in [0.2, 0.25) is 0 Å². The van der Waals surface area contributed by atoms with Gasteiger partial charge in [0.15, 0.2) is 5.78 Å². The van der Waals surface area contributed by atoms with Crippen molar-refractivity contribution in [3.05, 3.63) is 26.8 Å². The number of Topliss-reactive ketones (excluding diaryl/α,β-unsaturated/α-hetero) is 1. The highest BCUT2D eigenvalue weighted by molar-refractivity contribution is 8.42. The summed E-state index contributed by atoms with van der Waals surface area (Å²) in [5, 5.41) is 0. The molecule has 0 amide bonds. The highest BCUT2D eigenvalue weighted by Crippen LogP contribution is 2.63. The monoisotopic (exact) mass is 350 g/mol. The van der Waals surface area contributed by atoms with Gasteiger partial charge in [-0.05, 0) is 23.7 Å². The van der Waals surface area contributed by atoms with Crippen LogP contribution in [0.1, 0.15) is 13.8 Å². The van der Waals surface area contributed by atoms with Gasteiger partial charge in [0.25, 0.3) is 0 Å². The lowest BCUT2D eigenvalue weighted by atomic mass is 10.5. The number of thioether (sulfide) groups is 6. The van der Waals surface area contributed by atoms with Gasteiger partial charge in [0.05, 0.1) is 28.5 Å². The van der Waals surface area contributed by atoms with Crippen LogP contribution in [0.5, 0.6) is 0 Å². The molecule has 0 radical (unpaired) electrons. The summed E-state index contributed by atoms with van der Waals surface area (Å²) in [4.78, 5) is 14.3. The highest BCUT2D eigenvalue weighted by Gasteiger charge is 2.30. The van der Waals surface area contributed by atoms with Crippen LogP contribution in [0.4, 0.5) is 0 Å². The summed E-state index contributed by atoms with van der Waals surface area (Å²) < 4.78 is 5.49. The molecule has 0 fully saturated rings. The van der Waals surface area contributed by atoms with Gasteiger partial charge in [-0.3, -0.25) is 4.79 Å². The van der Waals surface area contributed by atoms with Gasteiger partial charge in [-0.25, -0.2) is 0 Å². The Morgan fingerprint density at radius 1 is 0.722 bits per heavy atom. The minimum absolute atomic E-state index is 0.354. The predicted octanol–water partition coefficient (Wildman–Crippen LogP) is 5.50. The van der Waals surface area contributed by atoms with E-state index in [4.69, 9.17) is 0 Å². The van der Waals surface area contributed by atoms with Crippen LogP contribution in [0.3, 0.4) is 0 Å². The Labute approximate surface area is 132 Å². The first-order valence-corrected chi connectivity index (χ1v) is 10.5. The standard InChI is InChI=1S/C11H10OS6/c1-5-6(2)16-10(15-5)11-17-8-9(18-11)14-4-7(12)3-13-8/h3-4H2,1-2H3. The summed E-state index contributed by atoms with van der Waals surface area (Å²) in [5.41, 5.74) is 0. The quantitative estimate of drug-likeness (QED) is 0.566. The Balaban J connectivity index is 1.76. The molecule has 3 aliphatic rings. The number of ketones is 1. The summed E-state index contributed by atoms with van der Waals surface area (Å²) in [6.45, 7) is 4.37. The second-order valence-electron chi connectivity index (χ2n) is 3.79. The lowest BCUT2D eigenvalue weighted by Gasteiger charge is -2.03. The third kappa shape index (κ3) is 2.86. The molecule has 1 nitrogen and oxygen atoms in total. The van der Waals surface area contributed by atoms with E-state index in [1.807, 2.05) is 47.0 Å². The van der Waals surface area contributed by atoms with Crippen molar-refractivity contribution in [1.82, 2.24) is 0 Å². The summed E-state index contributed by atoms with van der Waals surface area (Å²) in [6, 6.07) is 0. The smallest absolute Gasteiger partial charge is 0.153 e. The number of hydrogen-bond donors (Lipinski definition) is 0. The normalized spacial score (nSPS) is 25.1. The molecular formula is C11H10OS6. The lowest BCUT2D eigenvalue weighted by Crippen LogP contribution is -2.01. The molecule has 0 unspecified atom stereocenters. The Morgan fingerprint density at radius 3 is 1.67 bits per heavy atom. The number of hydrogen-bond acceptors (Lipinski definition) is 7. The van der Waals surface area contributed by atoms with E-state index in [1.54, 1.807) is 23.5 Å². The van der Waals surface area contributed by atoms with Gasteiger partial charge in [0, 0.05) is 0 Å². The molecular weight excluding hydrogens is 341 g/mol. The maximum atomic E-state index is 11.4. The Hall–Kier alpha value is 0.990. The van der Waals surface area contributed by atoms with Crippen LogP contribution in [0, 0.1) is 0 Å². The maximum Gasteiger partial charge on any atom is 0.153 e. The van der Waals surface area contributed by atoms with Crippen LogP contribution >= 0.6 is 70.6 Å². The summed E-state index contributed by atoms with van der Waals surface area (Å²) in [6.07, 6.45) is 0. The molecule has 0 spiro atoms. The van der Waals surface area contributed by atoms with Crippen LogP contribution in [-0.4, -0.2) is 17.3 Å². The van der Waals surface area contributed by atoms with Crippen molar-refractivity contribution < 1.29 is 4.79 Å². The summed E-state index contributed by atoms with van der Waals surface area (Å²) in [5.74, 6) is 1.63. The molecule has 3 rings (SSSR count). The minimum atomic E-state index is 0.354. The molecule has 96 valence electrons. The second-order valence-corrected chi connectivity index (χ2v) is 11.3. The van der Waals surface area contributed by atoms with E-state index >= 15 is 0 Å². The Kier molecular flexibility index (Phi) is 4.47. The summed E-state index contributed by atoms with van der Waals surface area (Å²) in [7, 11) is 0. The molecule has 0 aromatic rings. The molecule has 0 aromatic carbocycles. The van der Waals surface area contributed by atoms with E-state index in [-0.39, 0.29) is 0 Å². The van der Waals surface area contributed by atoms with Crippen LogP contribution in [0.25, 0.3) is 0 Å². The third-order valence-corrected chi connectivity index (χ3v) is 11.2. The zero-order chi connectivity index (χ0) is 12.7. The van der Waals surface area contributed by atoms with Gasteiger partial charge >= 0.3 is 0 Å². The maximum absolute atomic E-state index is 11.4. The molecule has 0 aromatic heterocycles. The fraction of sp³-hybridized carbons (Fsp3) is 0.364. The molecule has 0 saturated heterocycles. The van der Waals surface area contributed by atoms with Crippen LogP contribution in [-0.2, 0) is 4.79 Å². The van der Waals surface area contributed by atoms with Crippen molar-refractivity contribution >= 4 is 76.4 Å². The van der Waals surface area contributed by atoms with Crippen molar-refractivity contribution in [3.8, 4) is 0 Å². The number of rotatable bonds is 0. The molecule has 18 heavy (non-hydrogen) atoms. The van der Waals surface area contributed by atoms with Crippen molar-refractivity contribution in [2.75, 3.05) is 11.5 Å². The van der Waals surface area contributed by atoms with Crippen molar-refractivity contribution in [1.29, 1.82) is 0 Å². The van der Waals surface area contributed by atoms with Crippen molar-refractivity contribution in [2.45, 2.75) is 13.8 Å². The van der Waals surface area contributed by atoms with Crippen LogP contribution < -0.4 is 0 Å². The molecule has 0 atom stereocenters. The number of carbonyl (C=O) groups is 1. The second kappa shape index (κ2) is 5.77. The molecule has 3 heterocycles. The molecule has 7 heteroatoms. The molecule has 3 aliphatic heterocycles. The first kappa shape index (κ1) is 13.9. The average Bonchev–Trinajstić information content (AvgIpc) is 2.84. The van der Waals surface area contributed by atoms with E-state index in [0.717, 1.165) is 0 Å². The van der Waals surface area contributed by atoms with Gasteiger partial charge in [-0.1, -0.05) is 47.0 Å². The third-order valence-electron chi connectivity index (χ3n) is 2.42. The van der Waals surface area contributed by atoms with Gasteiger partial charge in [-0.15, -0.1) is 23.5 Å². The summed E-state index contributed by atoms with van der Waals surface area (Å²) >= 11 is 10.9. The van der Waals surface area contributed by atoms with Gasteiger partial charge in [-0.2, -0.15) is 0 Å².